The number of aliphatic hydroxyl groups excluding tert-OH is 1. The van der Waals surface area contributed by atoms with E-state index >= 15 is 0 Å². The van der Waals surface area contributed by atoms with Crippen molar-refractivity contribution in [2.24, 2.45) is 0 Å². The maximum atomic E-state index is 10.4. The van der Waals surface area contributed by atoms with Gasteiger partial charge in [0, 0.05) is 16.6 Å². The van der Waals surface area contributed by atoms with Gasteiger partial charge in [0.25, 0.3) is 0 Å². The Kier molecular flexibility index (Phi) is 3.80. The van der Waals surface area contributed by atoms with E-state index in [2.05, 4.69) is 37.0 Å². The van der Waals surface area contributed by atoms with Crippen LogP contribution in [0, 0.1) is 6.92 Å². The van der Waals surface area contributed by atoms with E-state index in [0.717, 1.165) is 12.0 Å². The van der Waals surface area contributed by atoms with Crippen molar-refractivity contribution in [1.82, 2.24) is 4.98 Å². The maximum absolute atomic E-state index is 10.4. The standard InChI is InChI=1S/C19H21NO/c1-13(12-18(21)15-8-4-3-5-9-15)19-14(2)20-17-11-7-6-10-16(17)19/h3-11,13,18,20-21H,12H2,1-2H3/t13-,18+/m0/s1. The fourth-order valence-corrected chi connectivity index (χ4v) is 3.20. The molecule has 2 aromatic carbocycles. The molecule has 3 aromatic rings. The van der Waals surface area contributed by atoms with Crippen molar-refractivity contribution in [3.8, 4) is 0 Å². The second-order valence-electron chi connectivity index (χ2n) is 5.77. The van der Waals surface area contributed by atoms with E-state index in [4.69, 9.17) is 0 Å². The van der Waals surface area contributed by atoms with Gasteiger partial charge in [-0.2, -0.15) is 0 Å². The molecule has 2 heteroatoms. The van der Waals surface area contributed by atoms with Crippen LogP contribution in [0.1, 0.15) is 42.2 Å². The van der Waals surface area contributed by atoms with Crippen molar-refractivity contribution < 1.29 is 5.11 Å². The highest BCUT2D eigenvalue weighted by atomic mass is 16.3. The molecule has 108 valence electrons. The molecule has 0 bridgehead atoms. The lowest BCUT2D eigenvalue weighted by molar-refractivity contribution is 0.159. The average molecular weight is 279 g/mol. The first-order valence-electron chi connectivity index (χ1n) is 7.47. The van der Waals surface area contributed by atoms with Crippen LogP contribution in [0.25, 0.3) is 10.9 Å². The molecule has 0 aliphatic rings. The Balaban J connectivity index is 1.87. The number of hydrogen-bond donors (Lipinski definition) is 2. The lowest BCUT2D eigenvalue weighted by Gasteiger charge is -2.17. The van der Waals surface area contributed by atoms with Crippen molar-refractivity contribution in [3.05, 3.63) is 71.4 Å². The van der Waals surface area contributed by atoms with Crippen LogP contribution < -0.4 is 0 Å². The van der Waals surface area contributed by atoms with Crippen LogP contribution in [-0.4, -0.2) is 10.1 Å². The van der Waals surface area contributed by atoms with Gasteiger partial charge in [-0.15, -0.1) is 0 Å². The number of fused-ring (bicyclic) bond motifs is 1. The Hall–Kier alpha value is -2.06. The molecule has 1 heterocycles. The highest BCUT2D eigenvalue weighted by molar-refractivity contribution is 5.85. The molecule has 2 atom stereocenters. The number of hydrogen-bond acceptors (Lipinski definition) is 1. The quantitative estimate of drug-likeness (QED) is 0.713. The van der Waals surface area contributed by atoms with Crippen LogP contribution in [0.15, 0.2) is 54.6 Å². The van der Waals surface area contributed by atoms with Crippen LogP contribution >= 0.6 is 0 Å². The van der Waals surface area contributed by atoms with Gasteiger partial charge < -0.3 is 10.1 Å². The lowest BCUT2D eigenvalue weighted by atomic mass is 9.90. The van der Waals surface area contributed by atoms with E-state index in [1.54, 1.807) is 0 Å². The highest BCUT2D eigenvalue weighted by Crippen LogP contribution is 2.34. The summed E-state index contributed by atoms with van der Waals surface area (Å²) in [4.78, 5) is 3.44. The first kappa shape index (κ1) is 13.9. The van der Waals surface area contributed by atoms with E-state index in [-0.39, 0.29) is 0 Å². The Bertz CT molecular complexity index is 730. The molecule has 0 fully saturated rings. The summed E-state index contributed by atoms with van der Waals surface area (Å²) in [5.74, 6) is 0.302. The molecule has 3 rings (SSSR count). The van der Waals surface area contributed by atoms with E-state index < -0.39 is 6.10 Å². The number of nitrogens with one attached hydrogen (secondary N) is 1. The fraction of sp³-hybridized carbons (Fsp3) is 0.263. The average Bonchev–Trinajstić information content (AvgIpc) is 2.83. The molecule has 0 aliphatic carbocycles. The molecule has 0 spiro atoms. The van der Waals surface area contributed by atoms with Crippen LogP contribution in [0.4, 0.5) is 0 Å². The number of benzene rings is 2. The number of aryl methyl sites for hydroxylation is 1. The first-order valence-corrected chi connectivity index (χ1v) is 7.47. The third-order valence-corrected chi connectivity index (χ3v) is 4.20. The molecule has 1 aromatic heterocycles. The second kappa shape index (κ2) is 5.74. The summed E-state index contributed by atoms with van der Waals surface area (Å²) < 4.78 is 0. The fourth-order valence-electron chi connectivity index (χ4n) is 3.20. The number of aliphatic hydroxyl groups is 1. The Morgan fingerprint density at radius 2 is 1.67 bits per heavy atom. The summed E-state index contributed by atoms with van der Waals surface area (Å²) in [6.07, 6.45) is 0.307. The Morgan fingerprint density at radius 3 is 2.43 bits per heavy atom. The summed E-state index contributed by atoms with van der Waals surface area (Å²) in [5, 5.41) is 11.7. The van der Waals surface area contributed by atoms with Crippen molar-refractivity contribution >= 4 is 10.9 Å². The van der Waals surface area contributed by atoms with Crippen LogP contribution in [0.5, 0.6) is 0 Å². The second-order valence-corrected chi connectivity index (χ2v) is 5.77. The maximum Gasteiger partial charge on any atom is 0.0795 e. The zero-order valence-corrected chi connectivity index (χ0v) is 12.5. The summed E-state index contributed by atoms with van der Waals surface area (Å²) in [7, 11) is 0. The largest absolute Gasteiger partial charge is 0.388 e. The van der Waals surface area contributed by atoms with Gasteiger partial charge in [0.15, 0.2) is 0 Å². The Labute approximate surface area is 125 Å². The van der Waals surface area contributed by atoms with Crippen molar-refractivity contribution in [3.63, 3.8) is 0 Å². The molecule has 0 aliphatic heterocycles. The van der Waals surface area contributed by atoms with E-state index in [9.17, 15) is 5.11 Å². The number of aromatic amines is 1. The van der Waals surface area contributed by atoms with Crippen LogP contribution in [-0.2, 0) is 0 Å². The number of H-pyrrole nitrogens is 1. The van der Waals surface area contributed by atoms with Gasteiger partial charge >= 0.3 is 0 Å². The number of rotatable bonds is 4. The predicted molar refractivity (Wildman–Crippen MR) is 87.5 cm³/mol. The van der Waals surface area contributed by atoms with Gasteiger partial charge in [-0.25, -0.2) is 0 Å². The molecule has 0 amide bonds. The van der Waals surface area contributed by atoms with Crippen molar-refractivity contribution in [2.75, 3.05) is 0 Å². The first-order chi connectivity index (χ1) is 10.2. The third kappa shape index (κ3) is 2.72. The Morgan fingerprint density at radius 1 is 1.00 bits per heavy atom. The molecule has 0 saturated carbocycles. The molecular weight excluding hydrogens is 258 g/mol. The molecule has 2 N–H and O–H groups in total. The highest BCUT2D eigenvalue weighted by Gasteiger charge is 2.18. The van der Waals surface area contributed by atoms with Gasteiger partial charge in [0.05, 0.1) is 6.10 Å². The minimum absolute atomic E-state index is 0.302. The predicted octanol–water partition coefficient (Wildman–Crippen LogP) is 4.70. The minimum Gasteiger partial charge on any atom is -0.388 e. The summed E-state index contributed by atoms with van der Waals surface area (Å²) in [6.45, 7) is 4.30. The summed E-state index contributed by atoms with van der Waals surface area (Å²) >= 11 is 0. The number of para-hydroxylation sites is 1. The smallest absolute Gasteiger partial charge is 0.0795 e. The topological polar surface area (TPSA) is 36.0 Å². The summed E-state index contributed by atoms with van der Waals surface area (Å²) in [6, 6.07) is 18.3. The van der Waals surface area contributed by atoms with Gasteiger partial charge in [0.2, 0.25) is 0 Å². The molecule has 0 saturated heterocycles. The lowest BCUT2D eigenvalue weighted by Crippen LogP contribution is -2.04. The van der Waals surface area contributed by atoms with Gasteiger partial charge in [-0.1, -0.05) is 55.5 Å². The number of aromatic nitrogens is 1. The monoisotopic (exact) mass is 279 g/mol. The normalized spacial score (nSPS) is 14.2. The molecule has 2 nitrogen and oxygen atoms in total. The zero-order valence-electron chi connectivity index (χ0n) is 12.5. The molecular formula is C19H21NO. The van der Waals surface area contributed by atoms with Gasteiger partial charge in [-0.05, 0) is 36.5 Å². The van der Waals surface area contributed by atoms with E-state index in [1.807, 2.05) is 36.4 Å². The van der Waals surface area contributed by atoms with Crippen LogP contribution in [0.3, 0.4) is 0 Å². The van der Waals surface area contributed by atoms with Crippen molar-refractivity contribution in [2.45, 2.75) is 32.3 Å². The molecule has 0 unspecified atom stereocenters. The van der Waals surface area contributed by atoms with Crippen LogP contribution in [0.2, 0.25) is 0 Å². The van der Waals surface area contributed by atoms with Crippen molar-refractivity contribution in [1.29, 1.82) is 0 Å². The van der Waals surface area contributed by atoms with Gasteiger partial charge in [-0.3, -0.25) is 0 Å². The van der Waals surface area contributed by atoms with Gasteiger partial charge in [0.1, 0.15) is 0 Å². The SMILES string of the molecule is Cc1[nH]c2ccccc2c1[C@@H](C)C[C@@H](O)c1ccccc1. The third-order valence-electron chi connectivity index (χ3n) is 4.20. The van der Waals surface area contributed by atoms with E-state index in [1.165, 1.54) is 22.2 Å². The minimum atomic E-state index is -0.422. The summed E-state index contributed by atoms with van der Waals surface area (Å²) in [5.41, 5.74) is 4.68. The molecule has 21 heavy (non-hydrogen) atoms. The molecule has 0 radical (unpaired) electrons. The van der Waals surface area contributed by atoms with E-state index in [0.29, 0.717) is 5.92 Å². The zero-order chi connectivity index (χ0) is 14.8.